The number of carbonyl (C=O) groups excluding carboxylic acids is 1. The van der Waals surface area contributed by atoms with Crippen LogP contribution in [-0.4, -0.2) is 51.3 Å². The number of nitrogens with one attached hydrogen (secondary N) is 1. The Kier molecular flexibility index (Phi) is 4.34. The van der Waals surface area contributed by atoms with Crippen molar-refractivity contribution in [1.82, 2.24) is 24.6 Å². The number of methoxy groups -OCH3 is 2. The predicted molar refractivity (Wildman–Crippen MR) is 83.8 cm³/mol. The van der Waals surface area contributed by atoms with Crippen molar-refractivity contribution >= 4 is 5.91 Å². The third-order valence-corrected chi connectivity index (χ3v) is 3.98. The van der Waals surface area contributed by atoms with Gasteiger partial charge >= 0.3 is 0 Å². The van der Waals surface area contributed by atoms with E-state index < -0.39 is 0 Å². The fourth-order valence-electron chi connectivity index (χ4n) is 2.91. The molecule has 9 heteroatoms. The Morgan fingerprint density at radius 2 is 2.21 bits per heavy atom. The molecule has 24 heavy (non-hydrogen) atoms. The normalized spacial score (nSPS) is 16.8. The third kappa shape index (κ3) is 2.78. The summed E-state index contributed by atoms with van der Waals surface area (Å²) in [5.41, 5.74) is -0.117. The Labute approximate surface area is 138 Å². The SMILES string of the molecule is COCc1nnc2n1[C@@H](C)CN(C(=O)c1cc(=O)c(OC)c[nH]1)C2. The second-order valence-corrected chi connectivity index (χ2v) is 5.65. The number of aromatic amines is 1. The lowest BCUT2D eigenvalue weighted by Gasteiger charge is -2.32. The zero-order valence-electron chi connectivity index (χ0n) is 13.8. The summed E-state index contributed by atoms with van der Waals surface area (Å²) in [6, 6.07) is 1.27. The van der Waals surface area contributed by atoms with E-state index in [4.69, 9.17) is 9.47 Å². The molecule has 2 aromatic heterocycles. The van der Waals surface area contributed by atoms with Gasteiger partial charge in [0.15, 0.2) is 17.4 Å². The van der Waals surface area contributed by atoms with Crippen LogP contribution in [0.3, 0.4) is 0 Å². The van der Waals surface area contributed by atoms with Gasteiger partial charge in [-0.2, -0.15) is 0 Å². The second-order valence-electron chi connectivity index (χ2n) is 5.65. The van der Waals surface area contributed by atoms with E-state index in [1.165, 1.54) is 19.4 Å². The molecule has 1 N–H and O–H groups in total. The Morgan fingerprint density at radius 3 is 2.88 bits per heavy atom. The van der Waals surface area contributed by atoms with Crippen molar-refractivity contribution in [1.29, 1.82) is 0 Å². The number of nitrogens with zero attached hydrogens (tertiary/aromatic N) is 4. The molecular formula is C15H19N5O4. The molecule has 0 aliphatic carbocycles. The lowest BCUT2D eigenvalue weighted by atomic mass is 10.2. The van der Waals surface area contributed by atoms with Gasteiger partial charge in [0.1, 0.15) is 12.3 Å². The van der Waals surface area contributed by atoms with Crippen LogP contribution in [0.4, 0.5) is 0 Å². The molecule has 0 saturated heterocycles. The van der Waals surface area contributed by atoms with E-state index in [0.717, 1.165) is 5.82 Å². The summed E-state index contributed by atoms with van der Waals surface area (Å²) in [6.45, 7) is 3.18. The first-order valence-electron chi connectivity index (χ1n) is 7.52. The molecule has 3 heterocycles. The molecule has 0 aromatic carbocycles. The number of H-pyrrole nitrogens is 1. The van der Waals surface area contributed by atoms with Gasteiger partial charge in [0.2, 0.25) is 5.43 Å². The minimum atomic E-state index is -0.338. The first kappa shape index (κ1) is 16.2. The van der Waals surface area contributed by atoms with Crippen molar-refractivity contribution < 1.29 is 14.3 Å². The number of hydrogen-bond acceptors (Lipinski definition) is 6. The summed E-state index contributed by atoms with van der Waals surface area (Å²) in [4.78, 5) is 29.0. The monoisotopic (exact) mass is 333 g/mol. The van der Waals surface area contributed by atoms with Crippen LogP contribution in [-0.2, 0) is 17.9 Å². The van der Waals surface area contributed by atoms with Gasteiger partial charge in [-0.1, -0.05) is 0 Å². The van der Waals surface area contributed by atoms with E-state index in [9.17, 15) is 9.59 Å². The smallest absolute Gasteiger partial charge is 0.270 e. The fourth-order valence-corrected chi connectivity index (χ4v) is 2.91. The average Bonchev–Trinajstić information content (AvgIpc) is 2.98. The van der Waals surface area contributed by atoms with Gasteiger partial charge in [-0.15, -0.1) is 10.2 Å². The zero-order valence-corrected chi connectivity index (χ0v) is 13.8. The Bertz CT molecular complexity index is 812. The highest BCUT2D eigenvalue weighted by atomic mass is 16.5. The summed E-state index contributed by atoms with van der Waals surface area (Å²) >= 11 is 0. The van der Waals surface area contributed by atoms with Crippen LogP contribution in [0.1, 0.15) is 35.1 Å². The fraction of sp³-hybridized carbons (Fsp3) is 0.467. The highest BCUT2D eigenvalue weighted by Gasteiger charge is 2.30. The largest absolute Gasteiger partial charge is 0.491 e. The Hall–Kier alpha value is -2.68. The summed E-state index contributed by atoms with van der Waals surface area (Å²) < 4.78 is 12.0. The molecule has 1 aliphatic rings. The maximum Gasteiger partial charge on any atom is 0.270 e. The quantitative estimate of drug-likeness (QED) is 0.865. The molecule has 0 unspecified atom stereocenters. The van der Waals surface area contributed by atoms with Crippen LogP contribution in [0.5, 0.6) is 5.75 Å². The molecule has 0 bridgehead atoms. The highest BCUT2D eigenvalue weighted by molar-refractivity contribution is 5.92. The molecule has 2 aromatic rings. The molecule has 0 spiro atoms. The van der Waals surface area contributed by atoms with Crippen LogP contribution >= 0.6 is 0 Å². The molecular weight excluding hydrogens is 314 g/mol. The number of ether oxygens (including phenoxy) is 2. The molecule has 0 fully saturated rings. The number of carbonyl (C=O) groups is 1. The van der Waals surface area contributed by atoms with E-state index in [2.05, 4.69) is 15.2 Å². The molecule has 9 nitrogen and oxygen atoms in total. The van der Waals surface area contributed by atoms with Gasteiger partial charge in [-0.3, -0.25) is 9.59 Å². The maximum atomic E-state index is 12.7. The van der Waals surface area contributed by atoms with Crippen LogP contribution in [0.15, 0.2) is 17.1 Å². The summed E-state index contributed by atoms with van der Waals surface area (Å²) in [6.07, 6.45) is 1.39. The number of hydrogen-bond donors (Lipinski definition) is 1. The lowest BCUT2D eigenvalue weighted by Crippen LogP contribution is -2.41. The molecule has 128 valence electrons. The maximum absolute atomic E-state index is 12.7. The zero-order chi connectivity index (χ0) is 17.3. The molecule has 0 saturated carbocycles. The topological polar surface area (TPSA) is 102 Å². The van der Waals surface area contributed by atoms with Gasteiger partial charge in [0.05, 0.1) is 19.7 Å². The van der Waals surface area contributed by atoms with E-state index in [1.54, 1.807) is 12.0 Å². The third-order valence-electron chi connectivity index (χ3n) is 3.98. The molecule has 3 rings (SSSR count). The Balaban J connectivity index is 1.84. The highest BCUT2D eigenvalue weighted by Crippen LogP contribution is 2.22. The standard InChI is InChI=1S/C15H19N5O4/c1-9-6-19(7-13-17-18-14(8-23-2)20(9)13)15(22)10-4-11(21)12(24-3)5-16-10/h4-5,9H,6-8H2,1-3H3,(H,16,21)/t9-/m0/s1. The number of aromatic nitrogens is 4. The van der Waals surface area contributed by atoms with Crippen molar-refractivity contribution in [3.63, 3.8) is 0 Å². The first-order valence-corrected chi connectivity index (χ1v) is 7.52. The summed E-state index contributed by atoms with van der Waals surface area (Å²) in [7, 11) is 3.01. The van der Waals surface area contributed by atoms with Gasteiger partial charge in [0, 0.05) is 25.9 Å². The minimum absolute atomic E-state index is 0.0165. The molecule has 0 radical (unpaired) electrons. The van der Waals surface area contributed by atoms with Gasteiger partial charge in [-0.05, 0) is 6.92 Å². The van der Waals surface area contributed by atoms with Crippen molar-refractivity contribution in [3.8, 4) is 5.75 Å². The first-order chi connectivity index (χ1) is 11.5. The molecule has 1 atom stereocenters. The number of pyridine rings is 1. The van der Waals surface area contributed by atoms with Crippen LogP contribution in [0, 0.1) is 0 Å². The number of fused-ring (bicyclic) bond motifs is 1. The van der Waals surface area contributed by atoms with E-state index in [0.29, 0.717) is 25.5 Å². The van der Waals surface area contributed by atoms with Crippen LogP contribution < -0.4 is 10.2 Å². The lowest BCUT2D eigenvalue weighted by molar-refractivity contribution is 0.0669. The molecule has 1 amide bonds. The van der Waals surface area contributed by atoms with E-state index in [1.807, 2.05) is 11.5 Å². The second kappa shape index (κ2) is 6.44. The van der Waals surface area contributed by atoms with Gasteiger partial charge < -0.3 is 23.9 Å². The summed E-state index contributed by atoms with van der Waals surface area (Å²) in [5, 5.41) is 8.26. The molecule has 1 aliphatic heterocycles. The van der Waals surface area contributed by atoms with Crippen molar-refractivity contribution in [2.45, 2.75) is 26.1 Å². The van der Waals surface area contributed by atoms with Crippen molar-refractivity contribution in [2.75, 3.05) is 20.8 Å². The van der Waals surface area contributed by atoms with Crippen molar-refractivity contribution in [2.24, 2.45) is 0 Å². The summed E-state index contributed by atoms with van der Waals surface area (Å²) in [5.74, 6) is 1.35. The minimum Gasteiger partial charge on any atom is -0.491 e. The average molecular weight is 333 g/mol. The van der Waals surface area contributed by atoms with Crippen molar-refractivity contribution in [3.05, 3.63) is 39.8 Å². The van der Waals surface area contributed by atoms with Gasteiger partial charge in [0.25, 0.3) is 5.91 Å². The number of rotatable bonds is 4. The Morgan fingerprint density at radius 1 is 1.42 bits per heavy atom. The van der Waals surface area contributed by atoms with Crippen LogP contribution in [0.25, 0.3) is 0 Å². The predicted octanol–water partition coefficient (Wildman–Crippen LogP) is 0.338. The number of amides is 1. The van der Waals surface area contributed by atoms with Crippen LogP contribution in [0.2, 0.25) is 0 Å². The van der Waals surface area contributed by atoms with Gasteiger partial charge in [-0.25, -0.2) is 0 Å². The van der Waals surface area contributed by atoms with E-state index in [-0.39, 0.29) is 28.8 Å². The van der Waals surface area contributed by atoms with E-state index >= 15 is 0 Å².